The van der Waals surface area contributed by atoms with Crippen molar-refractivity contribution in [1.29, 1.82) is 0 Å². The van der Waals surface area contributed by atoms with Gasteiger partial charge in [-0.25, -0.2) is 0 Å². The van der Waals surface area contributed by atoms with Gasteiger partial charge in [0.1, 0.15) is 11.4 Å². The summed E-state index contributed by atoms with van der Waals surface area (Å²) in [7, 11) is 0. The second-order valence-corrected chi connectivity index (χ2v) is 9.16. The zero-order chi connectivity index (χ0) is 23.9. The number of aryl methyl sites for hydroxylation is 1. The molecule has 1 saturated heterocycles. The SMILES string of the molecule is CC(C)Oc1cccc(-c2nnc(CCC(=O)N3CCC(Cc4ccccc4)CC3)c(=O)[nH]2)c1. The van der Waals surface area contributed by atoms with Crippen LogP contribution in [0.2, 0.25) is 0 Å². The third kappa shape index (κ3) is 6.31. The highest BCUT2D eigenvalue weighted by Gasteiger charge is 2.23. The number of benzene rings is 2. The first-order valence-corrected chi connectivity index (χ1v) is 12.0. The van der Waals surface area contributed by atoms with E-state index in [1.54, 1.807) is 0 Å². The molecule has 0 unspecified atom stereocenters. The fourth-order valence-electron chi connectivity index (χ4n) is 4.36. The van der Waals surface area contributed by atoms with Crippen LogP contribution in [0.5, 0.6) is 5.75 Å². The molecular formula is C27H32N4O3. The zero-order valence-electron chi connectivity index (χ0n) is 19.9. The maximum atomic E-state index is 12.7. The normalized spacial score (nSPS) is 14.4. The number of aromatic amines is 1. The summed E-state index contributed by atoms with van der Waals surface area (Å²) in [6.07, 6.45) is 3.67. The molecule has 0 spiro atoms. The van der Waals surface area contributed by atoms with Gasteiger partial charge in [-0.3, -0.25) is 9.59 Å². The monoisotopic (exact) mass is 460 g/mol. The van der Waals surface area contributed by atoms with Gasteiger partial charge in [-0.1, -0.05) is 42.5 Å². The van der Waals surface area contributed by atoms with E-state index in [0.717, 1.165) is 37.9 Å². The van der Waals surface area contributed by atoms with E-state index in [2.05, 4.69) is 39.4 Å². The van der Waals surface area contributed by atoms with Gasteiger partial charge in [0.05, 0.1) is 6.10 Å². The highest BCUT2D eigenvalue weighted by molar-refractivity contribution is 5.76. The van der Waals surface area contributed by atoms with Gasteiger partial charge in [0.15, 0.2) is 5.82 Å². The first-order chi connectivity index (χ1) is 16.5. The summed E-state index contributed by atoms with van der Waals surface area (Å²) in [6.45, 7) is 5.45. The molecule has 3 aromatic rings. The molecule has 7 heteroatoms. The van der Waals surface area contributed by atoms with Gasteiger partial charge in [0.2, 0.25) is 5.91 Å². The molecule has 34 heavy (non-hydrogen) atoms. The largest absolute Gasteiger partial charge is 0.491 e. The Labute approximate surface area is 200 Å². The molecule has 7 nitrogen and oxygen atoms in total. The van der Waals surface area contributed by atoms with Crippen LogP contribution in [0.15, 0.2) is 59.4 Å². The number of nitrogens with one attached hydrogen (secondary N) is 1. The summed E-state index contributed by atoms with van der Waals surface area (Å²) in [5.74, 6) is 1.77. The van der Waals surface area contributed by atoms with E-state index in [0.29, 0.717) is 17.5 Å². The van der Waals surface area contributed by atoms with Crippen LogP contribution in [0, 0.1) is 5.92 Å². The summed E-state index contributed by atoms with van der Waals surface area (Å²) < 4.78 is 5.71. The molecule has 4 rings (SSSR count). The molecule has 0 bridgehead atoms. The lowest BCUT2D eigenvalue weighted by Crippen LogP contribution is -2.39. The van der Waals surface area contributed by atoms with Crippen molar-refractivity contribution in [2.75, 3.05) is 13.1 Å². The number of carbonyl (C=O) groups excluding carboxylic acids is 1. The van der Waals surface area contributed by atoms with Crippen molar-refractivity contribution >= 4 is 5.91 Å². The number of aromatic nitrogens is 3. The van der Waals surface area contributed by atoms with E-state index in [4.69, 9.17) is 4.74 Å². The van der Waals surface area contributed by atoms with Crippen molar-refractivity contribution in [3.63, 3.8) is 0 Å². The van der Waals surface area contributed by atoms with E-state index >= 15 is 0 Å². The molecule has 1 N–H and O–H groups in total. The standard InChI is InChI=1S/C27H32N4O3/c1-19(2)34-23-10-6-9-22(18-23)26-28-27(33)24(29-30-26)11-12-25(32)31-15-13-21(14-16-31)17-20-7-4-3-5-8-20/h3-10,18-19,21H,11-17H2,1-2H3,(H,28,30,33). The minimum atomic E-state index is -0.311. The quantitative estimate of drug-likeness (QED) is 0.548. The van der Waals surface area contributed by atoms with Crippen LogP contribution in [0.3, 0.4) is 0 Å². The molecule has 1 amide bonds. The molecule has 1 aliphatic rings. The lowest BCUT2D eigenvalue weighted by molar-refractivity contribution is -0.132. The van der Waals surface area contributed by atoms with E-state index in [-0.39, 0.29) is 36.1 Å². The maximum Gasteiger partial charge on any atom is 0.273 e. The highest BCUT2D eigenvalue weighted by atomic mass is 16.5. The van der Waals surface area contributed by atoms with Crippen molar-refractivity contribution in [2.45, 2.75) is 52.1 Å². The summed E-state index contributed by atoms with van der Waals surface area (Å²) in [5.41, 5.74) is 2.05. The highest BCUT2D eigenvalue weighted by Crippen LogP contribution is 2.23. The topological polar surface area (TPSA) is 88.2 Å². The molecule has 1 fully saturated rings. The Bertz CT molecular complexity index is 1150. The van der Waals surface area contributed by atoms with Crippen molar-refractivity contribution in [3.8, 4) is 17.1 Å². The zero-order valence-corrected chi connectivity index (χ0v) is 19.9. The van der Waals surface area contributed by atoms with Gasteiger partial charge in [-0.05, 0) is 56.7 Å². The van der Waals surface area contributed by atoms with Crippen molar-refractivity contribution < 1.29 is 9.53 Å². The third-order valence-corrected chi connectivity index (χ3v) is 6.15. The second kappa shape index (κ2) is 11.1. The molecule has 1 aromatic heterocycles. The van der Waals surface area contributed by atoms with Gasteiger partial charge in [-0.15, -0.1) is 10.2 Å². The number of H-pyrrole nitrogens is 1. The van der Waals surface area contributed by atoms with Gasteiger partial charge in [0, 0.05) is 31.5 Å². The van der Waals surface area contributed by atoms with Gasteiger partial charge in [0.25, 0.3) is 5.56 Å². The van der Waals surface area contributed by atoms with Crippen LogP contribution < -0.4 is 10.3 Å². The second-order valence-electron chi connectivity index (χ2n) is 9.16. The molecule has 0 saturated carbocycles. The molecule has 178 valence electrons. The molecule has 2 aromatic carbocycles. The number of amides is 1. The number of rotatable bonds is 8. The molecule has 0 radical (unpaired) electrons. The van der Waals surface area contributed by atoms with E-state index in [9.17, 15) is 9.59 Å². The van der Waals surface area contributed by atoms with Crippen molar-refractivity contribution in [1.82, 2.24) is 20.1 Å². The Balaban J connectivity index is 1.29. The Morgan fingerprint density at radius 2 is 1.85 bits per heavy atom. The van der Waals surface area contributed by atoms with Gasteiger partial charge < -0.3 is 14.6 Å². The van der Waals surface area contributed by atoms with E-state index in [1.165, 1.54) is 5.56 Å². The van der Waals surface area contributed by atoms with Crippen molar-refractivity contribution in [2.24, 2.45) is 5.92 Å². The number of likely N-dealkylation sites (tertiary alicyclic amines) is 1. The predicted molar refractivity (Wildman–Crippen MR) is 132 cm³/mol. The molecule has 1 aliphatic heterocycles. The first kappa shape index (κ1) is 23.7. The smallest absolute Gasteiger partial charge is 0.273 e. The molecule has 0 aliphatic carbocycles. The van der Waals surface area contributed by atoms with E-state index < -0.39 is 0 Å². The number of ether oxygens (including phenoxy) is 1. The van der Waals surface area contributed by atoms with Crippen LogP contribution >= 0.6 is 0 Å². The van der Waals surface area contributed by atoms with Gasteiger partial charge >= 0.3 is 0 Å². The van der Waals surface area contributed by atoms with Crippen LogP contribution in [0.1, 0.15) is 44.4 Å². The Morgan fingerprint density at radius 1 is 1.09 bits per heavy atom. The first-order valence-electron chi connectivity index (χ1n) is 12.0. The minimum Gasteiger partial charge on any atom is -0.491 e. The Kier molecular flexibility index (Phi) is 7.72. The number of hydrogen-bond acceptors (Lipinski definition) is 5. The maximum absolute atomic E-state index is 12.7. The van der Waals surface area contributed by atoms with E-state index in [1.807, 2.05) is 49.1 Å². The van der Waals surface area contributed by atoms with Crippen LogP contribution in [0.25, 0.3) is 11.4 Å². The summed E-state index contributed by atoms with van der Waals surface area (Å²) in [6, 6.07) is 17.9. The lowest BCUT2D eigenvalue weighted by atomic mass is 9.90. The summed E-state index contributed by atoms with van der Waals surface area (Å²) in [4.78, 5) is 30.0. The summed E-state index contributed by atoms with van der Waals surface area (Å²) >= 11 is 0. The van der Waals surface area contributed by atoms with Crippen LogP contribution in [-0.2, 0) is 17.6 Å². The number of carbonyl (C=O) groups is 1. The fourth-order valence-corrected chi connectivity index (χ4v) is 4.36. The number of piperidine rings is 1. The fraction of sp³-hybridized carbons (Fsp3) is 0.407. The Hall–Kier alpha value is -3.48. The lowest BCUT2D eigenvalue weighted by Gasteiger charge is -2.32. The van der Waals surface area contributed by atoms with Crippen LogP contribution in [-0.4, -0.2) is 45.2 Å². The molecule has 0 atom stereocenters. The van der Waals surface area contributed by atoms with Crippen molar-refractivity contribution in [3.05, 3.63) is 76.2 Å². The average molecular weight is 461 g/mol. The van der Waals surface area contributed by atoms with Crippen LogP contribution in [0.4, 0.5) is 0 Å². The Morgan fingerprint density at radius 3 is 2.56 bits per heavy atom. The average Bonchev–Trinajstić information content (AvgIpc) is 2.84. The number of nitrogens with zero attached hydrogens (tertiary/aromatic N) is 3. The molecule has 2 heterocycles. The number of hydrogen-bond donors (Lipinski definition) is 1. The molecular weight excluding hydrogens is 428 g/mol. The summed E-state index contributed by atoms with van der Waals surface area (Å²) in [5, 5.41) is 8.30. The third-order valence-electron chi connectivity index (χ3n) is 6.15. The minimum absolute atomic E-state index is 0.0509. The predicted octanol–water partition coefficient (Wildman–Crippen LogP) is 4.03. The van der Waals surface area contributed by atoms with Gasteiger partial charge in [-0.2, -0.15) is 0 Å².